The Labute approximate surface area is 170 Å². The van der Waals surface area contributed by atoms with Crippen molar-refractivity contribution in [1.82, 2.24) is 5.43 Å². The van der Waals surface area contributed by atoms with Crippen molar-refractivity contribution >= 4 is 33.8 Å². The second-order valence-corrected chi connectivity index (χ2v) is 8.11. The second-order valence-electron chi connectivity index (χ2n) is 6.21. The fourth-order valence-electron chi connectivity index (χ4n) is 2.57. The third-order valence-electron chi connectivity index (χ3n) is 3.87. The molecule has 0 spiro atoms. The van der Waals surface area contributed by atoms with Crippen molar-refractivity contribution in [2.75, 3.05) is 17.1 Å². The Morgan fingerprint density at radius 3 is 2.38 bits per heavy atom. The van der Waals surface area contributed by atoms with Gasteiger partial charge in [0.15, 0.2) is 0 Å². The van der Waals surface area contributed by atoms with Crippen LogP contribution in [0.1, 0.15) is 25.0 Å². The molecule has 0 aliphatic rings. The number of ether oxygens (including phenoxy) is 1. The molecule has 0 saturated heterocycles. The fourth-order valence-corrected chi connectivity index (χ4v) is 3.45. The summed E-state index contributed by atoms with van der Waals surface area (Å²) < 4.78 is 30.4. The lowest BCUT2D eigenvalue weighted by Crippen LogP contribution is -2.39. The number of nitrogens with one attached hydrogen (secondary N) is 1. The van der Waals surface area contributed by atoms with Crippen molar-refractivity contribution < 1.29 is 22.7 Å². The normalized spacial score (nSPS) is 11.3. The zero-order valence-corrected chi connectivity index (χ0v) is 17.3. The van der Waals surface area contributed by atoms with E-state index in [9.17, 15) is 18.0 Å². The van der Waals surface area contributed by atoms with Gasteiger partial charge in [0.05, 0.1) is 18.2 Å². The van der Waals surface area contributed by atoms with Gasteiger partial charge in [-0.1, -0.05) is 25.1 Å². The van der Waals surface area contributed by atoms with Crippen LogP contribution in [0.4, 0.5) is 5.69 Å². The number of hydrazone groups is 1. The van der Waals surface area contributed by atoms with Gasteiger partial charge in [-0.15, -0.1) is 0 Å². The van der Waals surface area contributed by atoms with Gasteiger partial charge in [0.1, 0.15) is 12.3 Å². The lowest BCUT2D eigenvalue weighted by Gasteiger charge is -2.23. The summed E-state index contributed by atoms with van der Waals surface area (Å²) in [5.41, 5.74) is 4.28. The quantitative estimate of drug-likeness (QED) is 0.306. The molecule has 29 heavy (non-hydrogen) atoms. The molecular formula is C20H23N3O5S. The molecule has 0 fully saturated rings. The van der Waals surface area contributed by atoms with Crippen LogP contribution < -0.4 is 14.5 Å². The maximum absolute atomic E-state index is 12.3. The fraction of sp³-hybridized carbons (Fsp3) is 0.250. The molecular weight excluding hydrogens is 394 g/mol. The highest BCUT2D eigenvalue weighted by Crippen LogP contribution is 2.23. The molecule has 0 heterocycles. The van der Waals surface area contributed by atoms with Crippen LogP contribution >= 0.6 is 0 Å². The van der Waals surface area contributed by atoms with Gasteiger partial charge in [-0.2, -0.15) is 5.10 Å². The van der Waals surface area contributed by atoms with Crippen molar-refractivity contribution in [3.8, 4) is 5.75 Å². The van der Waals surface area contributed by atoms with Crippen LogP contribution in [0.2, 0.25) is 0 Å². The summed E-state index contributed by atoms with van der Waals surface area (Å²) in [6.07, 6.45) is 3.09. The Morgan fingerprint density at radius 2 is 1.79 bits per heavy atom. The van der Waals surface area contributed by atoms with E-state index < -0.39 is 28.4 Å². The van der Waals surface area contributed by atoms with Crippen molar-refractivity contribution in [1.29, 1.82) is 0 Å². The number of carbonyl (C=O) groups excluding carboxylic acids is 2. The summed E-state index contributed by atoms with van der Waals surface area (Å²) in [4.78, 5) is 23.2. The first-order chi connectivity index (χ1) is 13.7. The molecule has 2 aromatic carbocycles. The number of rotatable bonds is 8. The zero-order chi connectivity index (χ0) is 21.4. The predicted octanol–water partition coefficient (Wildman–Crippen LogP) is 2.09. The van der Waals surface area contributed by atoms with Gasteiger partial charge in [-0.25, -0.2) is 13.8 Å². The van der Waals surface area contributed by atoms with E-state index in [2.05, 4.69) is 10.5 Å². The highest BCUT2D eigenvalue weighted by molar-refractivity contribution is 7.92. The number of esters is 1. The molecule has 2 aromatic rings. The van der Waals surface area contributed by atoms with Crippen LogP contribution in [0.15, 0.2) is 53.6 Å². The predicted molar refractivity (Wildman–Crippen MR) is 111 cm³/mol. The Morgan fingerprint density at radius 1 is 1.14 bits per heavy atom. The summed E-state index contributed by atoms with van der Waals surface area (Å²) in [5.74, 6) is -0.593. The Hall–Kier alpha value is -3.20. The van der Waals surface area contributed by atoms with Crippen LogP contribution in [-0.4, -0.2) is 39.3 Å². The minimum absolute atomic E-state index is 0.390. The smallest absolute Gasteiger partial charge is 0.308 e. The molecule has 1 N–H and O–H groups in total. The van der Waals surface area contributed by atoms with Gasteiger partial charge in [-0.3, -0.25) is 13.9 Å². The minimum Gasteiger partial charge on any atom is -0.427 e. The third-order valence-corrected chi connectivity index (χ3v) is 5.00. The van der Waals surface area contributed by atoms with Crippen molar-refractivity contribution in [2.45, 2.75) is 20.3 Å². The molecule has 0 atom stereocenters. The number of hydrogen-bond acceptors (Lipinski definition) is 6. The Bertz CT molecular complexity index is 1000. The number of amides is 1. The molecule has 9 heteroatoms. The minimum atomic E-state index is -3.66. The first-order valence-corrected chi connectivity index (χ1v) is 10.7. The van der Waals surface area contributed by atoms with Gasteiger partial charge in [0, 0.05) is 6.92 Å². The third kappa shape index (κ3) is 6.72. The van der Waals surface area contributed by atoms with Crippen LogP contribution in [0.5, 0.6) is 5.75 Å². The van der Waals surface area contributed by atoms with Crippen LogP contribution in [0.25, 0.3) is 0 Å². The summed E-state index contributed by atoms with van der Waals surface area (Å²) in [7, 11) is -3.66. The molecule has 8 nitrogen and oxygen atoms in total. The number of hydrogen-bond donors (Lipinski definition) is 1. The van der Waals surface area contributed by atoms with E-state index in [1.54, 1.807) is 36.4 Å². The lowest BCUT2D eigenvalue weighted by atomic mass is 10.1. The number of sulfonamides is 1. The molecule has 0 aromatic heterocycles. The van der Waals surface area contributed by atoms with E-state index in [0.29, 0.717) is 23.4 Å². The highest BCUT2D eigenvalue weighted by Gasteiger charge is 2.22. The molecule has 0 radical (unpaired) electrons. The van der Waals surface area contributed by atoms with Gasteiger partial charge >= 0.3 is 5.97 Å². The van der Waals surface area contributed by atoms with Gasteiger partial charge in [0.2, 0.25) is 10.0 Å². The number of aryl methyl sites for hydroxylation is 1. The van der Waals surface area contributed by atoms with Crippen LogP contribution in [-0.2, 0) is 26.0 Å². The average Bonchev–Trinajstić information content (AvgIpc) is 2.66. The average molecular weight is 417 g/mol. The highest BCUT2D eigenvalue weighted by atomic mass is 32.2. The molecule has 2 rings (SSSR count). The van der Waals surface area contributed by atoms with E-state index in [1.165, 1.54) is 13.1 Å². The van der Waals surface area contributed by atoms with Gasteiger partial charge in [0.25, 0.3) is 5.91 Å². The molecule has 0 unspecified atom stereocenters. The number of carbonyl (C=O) groups is 2. The zero-order valence-electron chi connectivity index (χ0n) is 16.5. The van der Waals surface area contributed by atoms with E-state index in [4.69, 9.17) is 4.74 Å². The van der Waals surface area contributed by atoms with E-state index in [0.717, 1.165) is 16.1 Å². The molecule has 154 valence electrons. The summed E-state index contributed by atoms with van der Waals surface area (Å²) in [6, 6.07) is 13.5. The Kier molecular flexibility index (Phi) is 7.49. The van der Waals surface area contributed by atoms with Gasteiger partial charge < -0.3 is 4.74 Å². The lowest BCUT2D eigenvalue weighted by molar-refractivity contribution is -0.131. The number of para-hydroxylation sites is 1. The topological polar surface area (TPSA) is 105 Å². The first kappa shape index (κ1) is 22.1. The number of benzene rings is 2. The van der Waals surface area contributed by atoms with E-state index in [1.807, 2.05) is 19.1 Å². The SMILES string of the molecule is CCc1ccccc1N(CC(=O)N/N=C\c1ccc(OC(C)=O)cc1)S(C)(=O)=O. The second kappa shape index (κ2) is 9.83. The maximum Gasteiger partial charge on any atom is 0.308 e. The van der Waals surface area contributed by atoms with Crippen LogP contribution in [0.3, 0.4) is 0 Å². The van der Waals surface area contributed by atoms with Crippen molar-refractivity contribution in [3.05, 3.63) is 59.7 Å². The number of nitrogens with zero attached hydrogens (tertiary/aromatic N) is 2. The molecule has 0 saturated carbocycles. The molecule has 0 bridgehead atoms. The molecule has 1 amide bonds. The van der Waals surface area contributed by atoms with Gasteiger partial charge in [-0.05, 0) is 47.9 Å². The largest absolute Gasteiger partial charge is 0.427 e. The monoisotopic (exact) mass is 417 g/mol. The molecule has 0 aliphatic heterocycles. The summed E-state index contributed by atoms with van der Waals surface area (Å²) in [5, 5.41) is 3.85. The summed E-state index contributed by atoms with van der Waals surface area (Å²) in [6.45, 7) is 2.83. The molecule has 0 aliphatic carbocycles. The van der Waals surface area contributed by atoms with Crippen LogP contribution in [0, 0.1) is 0 Å². The van der Waals surface area contributed by atoms with Crippen molar-refractivity contribution in [2.24, 2.45) is 5.10 Å². The Balaban J connectivity index is 2.05. The standard InChI is InChI=1S/C20H23N3O5S/c1-4-17-7-5-6-8-19(17)23(29(3,26)27)14-20(25)22-21-13-16-9-11-18(12-10-16)28-15(2)24/h5-13H,4,14H2,1-3H3,(H,22,25)/b21-13-. The van der Waals surface area contributed by atoms with E-state index in [-0.39, 0.29) is 0 Å². The van der Waals surface area contributed by atoms with Crippen molar-refractivity contribution in [3.63, 3.8) is 0 Å². The first-order valence-electron chi connectivity index (χ1n) is 8.86. The number of anilines is 1. The van der Waals surface area contributed by atoms with E-state index >= 15 is 0 Å². The maximum atomic E-state index is 12.3. The summed E-state index contributed by atoms with van der Waals surface area (Å²) >= 11 is 0.